The van der Waals surface area contributed by atoms with Gasteiger partial charge in [0, 0.05) is 0 Å². The van der Waals surface area contributed by atoms with Crippen molar-refractivity contribution in [3.63, 3.8) is 0 Å². The quantitative estimate of drug-likeness (QED) is 0.210. The molecule has 3 aromatic carbocycles. The molecule has 3 aromatic rings. The molecular formula is C27H34Cl2SiZr. The Morgan fingerprint density at radius 2 is 1.39 bits per heavy atom. The third-order valence-corrected chi connectivity index (χ3v) is 5.30. The second kappa shape index (κ2) is 14.4. The standard InChI is InChI=1S/C16H13.C9H13.C2H6Si.2ClH.Zr/c1-12-11-14-9-5-6-10-15(14)16(12)13-7-3-2-4-8-13;1-6-5-7(2)9(4)8(6)3;1-3-2;;;/h2-11H,1H3;6H,1-4H3;1-2H3;2*1H;/q2*-1;;;;+2. The number of halogens is 2. The zero-order valence-electron chi connectivity index (χ0n) is 19.7. The fraction of sp³-hybridized carbons (Fsp3) is 0.296. The number of hydrogen-bond donors (Lipinski definition) is 0. The first kappa shape index (κ1) is 30.2. The summed E-state index contributed by atoms with van der Waals surface area (Å²) < 4.78 is 0. The van der Waals surface area contributed by atoms with Crippen LogP contribution in [-0.2, 0) is 23.3 Å². The van der Waals surface area contributed by atoms with Gasteiger partial charge in [0.1, 0.15) is 0 Å². The molecule has 164 valence electrons. The first-order valence-electron chi connectivity index (χ1n) is 10.2. The van der Waals surface area contributed by atoms with Crippen molar-refractivity contribution in [2.24, 2.45) is 5.92 Å². The van der Waals surface area contributed by atoms with Crippen LogP contribution in [0.25, 0.3) is 21.9 Å². The van der Waals surface area contributed by atoms with E-state index in [4.69, 9.17) is 0 Å². The van der Waals surface area contributed by atoms with E-state index in [1.165, 1.54) is 44.2 Å². The summed E-state index contributed by atoms with van der Waals surface area (Å²) in [5.41, 5.74) is 8.49. The molecule has 0 spiro atoms. The molecule has 0 bridgehead atoms. The van der Waals surface area contributed by atoms with Crippen molar-refractivity contribution in [3.05, 3.63) is 89.0 Å². The van der Waals surface area contributed by atoms with Crippen molar-refractivity contribution < 1.29 is 23.3 Å². The molecule has 0 heterocycles. The van der Waals surface area contributed by atoms with Crippen LogP contribution >= 0.6 is 24.8 Å². The van der Waals surface area contributed by atoms with E-state index in [9.17, 15) is 0 Å². The van der Waals surface area contributed by atoms with Crippen molar-refractivity contribution in [2.75, 3.05) is 0 Å². The number of allylic oxidation sites excluding steroid dienone is 4. The predicted molar refractivity (Wildman–Crippen MR) is 142 cm³/mol. The average molecular weight is 549 g/mol. The van der Waals surface area contributed by atoms with Crippen LogP contribution in [0.3, 0.4) is 0 Å². The first-order valence-corrected chi connectivity index (χ1v) is 16.4. The van der Waals surface area contributed by atoms with Crippen molar-refractivity contribution >= 4 is 41.0 Å². The molecule has 1 unspecified atom stereocenters. The Hall–Kier alpha value is -0.790. The molecule has 0 radical (unpaired) electrons. The molecule has 0 nitrogen and oxygen atoms in total. The maximum Gasteiger partial charge on any atom is -0.0573 e. The van der Waals surface area contributed by atoms with E-state index in [1.54, 1.807) is 23.3 Å². The van der Waals surface area contributed by atoms with Crippen molar-refractivity contribution in [1.82, 2.24) is 0 Å². The fourth-order valence-corrected chi connectivity index (χ4v) is 3.52. The van der Waals surface area contributed by atoms with Crippen LogP contribution in [0.4, 0.5) is 0 Å². The number of fused-ring (bicyclic) bond motifs is 1. The third kappa shape index (κ3) is 8.58. The van der Waals surface area contributed by atoms with E-state index in [-0.39, 0.29) is 30.2 Å². The summed E-state index contributed by atoms with van der Waals surface area (Å²) in [6.45, 7) is 15.5. The van der Waals surface area contributed by atoms with E-state index in [0.717, 1.165) is 0 Å². The smallest absolute Gasteiger partial charge is 0.0573 e. The Labute approximate surface area is 216 Å². The van der Waals surface area contributed by atoms with Gasteiger partial charge in [0.25, 0.3) is 0 Å². The summed E-state index contributed by atoms with van der Waals surface area (Å²) in [5, 5.41) is 2.69. The van der Waals surface area contributed by atoms with Crippen LogP contribution in [0.2, 0.25) is 13.1 Å². The van der Waals surface area contributed by atoms with Crippen molar-refractivity contribution in [1.29, 1.82) is 0 Å². The summed E-state index contributed by atoms with van der Waals surface area (Å²) >= 11 is 1.74. The van der Waals surface area contributed by atoms with Gasteiger partial charge in [-0.15, -0.1) is 77.9 Å². The average Bonchev–Trinajstić information content (AvgIpc) is 3.13. The van der Waals surface area contributed by atoms with Gasteiger partial charge in [0.2, 0.25) is 0 Å². The molecule has 4 heteroatoms. The molecule has 1 aliphatic carbocycles. The SMILES string of the molecule is CC1=[C-]C(C)C(C)=C1C.C[Si](C)=[Zr+2].Cc1[cH-]c2ccccc2c1-c1ccccc1.Cl.Cl. The Morgan fingerprint density at radius 3 is 1.84 bits per heavy atom. The zero-order chi connectivity index (χ0) is 21.6. The molecule has 0 saturated carbocycles. The number of benzene rings is 2. The Kier molecular flexibility index (Phi) is 14.0. The molecule has 1 aliphatic rings. The van der Waals surface area contributed by atoms with Gasteiger partial charge in [-0.2, -0.15) is 11.1 Å². The van der Waals surface area contributed by atoms with Crippen LogP contribution in [0.5, 0.6) is 0 Å². The summed E-state index contributed by atoms with van der Waals surface area (Å²) in [5.74, 6) is 0.560. The summed E-state index contributed by atoms with van der Waals surface area (Å²) in [6, 6.07) is 21.4. The third-order valence-electron chi connectivity index (χ3n) is 5.30. The van der Waals surface area contributed by atoms with E-state index < -0.39 is 0 Å². The predicted octanol–water partition coefficient (Wildman–Crippen LogP) is 8.88. The van der Waals surface area contributed by atoms with Crippen LogP contribution in [0, 0.1) is 18.9 Å². The van der Waals surface area contributed by atoms with Gasteiger partial charge in [-0.05, 0) is 0 Å². The maximum absolute atomic E-state index is 3.36. The van der Waals surface area contributed by atoms with Crippen LogP contribution < -0.4 is 0 Å². The van der Waals surface area contributed by atoms with Gasteiger partial charge in [-0.3, -0.25) is 6.08 Å². The van der Waals surface area contributed by atoms with Gasteiger partial charge in [0.05, 0.1) is 0 Å². The normalized spacial score (nSPS) is 14.4. The number of hydrogen-bond acceptors (Lipinski definition) is 0. The van der Waals surface area contributed by atoms with Crippen LogP contribution in [0.15, 0.2) is 77.4 Å². The molecule has 0 saturated heterocycles. The second-order valence-electron chi connectivity index (χ2n) is 7.95. The van der Waals surface area contributed by atoms with Crippen LogP contribution in [0.1, 0.15) is 33.3 Å². The minimum absolute atomic E-state index is 0. The largest absolute Gasteiger partial charge is 0.149 e. The molecule has 4 rings (SSSR count). The van der Waals surface area contributed by atoms with E-state index in [2.05, 4.69) is 114 Å². The zero-order valence-corrected chi connectivity index (χ0v) is 24.8. The molecular weight excluding hydrogens is 515 g/mol. The van der Waals surface area contributed by atoms with E-state index in [0.29, 0.717) is 5.92 Å². The maximum atomic E-state index is 3.36. The monoisotopic (exact) mass is 546 g/mol. The first-order chi connectivity index (χ1) is 13.7. The molecule has 31 heavy (non-hydrogen) atoms. The van der Waals surface area contributed by atoms with Crippen molar-refractivity contribution in [2.45, 2.75) is 47.7 Å². The molecule has 0 fully saturated rings. The molecule has 1 atom stereocenters. The van der Waals surface area contributed by atoms with Crippen molar-refractivity contribution in [3.8, 4) is 11.1 Å². The van der Waals surface area contributed by atoms with Gasteiger partial charge < -0.3 is 0 Å². The molecule has 0 N–H and O–H groups in total. The Bertz CT molecular complexity index is 1040. The summed E-state index contributed by atoms with van der Waals surface area (Å²) in [6.07, 6.45) is 3.36. The Balaban J connectivity index is 0.000000516. The molecule has 0 amide bonds. The van der Waals surface area contributed by atoms with E-state index in [1.807, 2.05) is 0 Å². The summed E-state index contributed by atoms with van der Waals surface area (Å²) in [7, 11) is 0. The van der Waals surface area contributed by atoms with Gasteiger partial charge in [0.15, 0.2) is 0 Å². The van der Waals surface area contributed by atoms with Crippen LogP contribution in [-0.4, -0.2) is 5.43 Å². The van der Waals surface area contributed by atoms with E-state index >= 15 is 0 Å². The number of aryl methyl sites for hydroxylation is 1. The minimum Gasteiger partial charge on any atom is -0.149 e. The number of rotatable bonds is 1. The van der Waals surface area contributed by atoms with Gasteiger partial charge in [-0.1, -0.05) is 75.6 Å². The fourth-order valence-electron chi connectivity index (χ4n) is 3.52. The topological polar surface area (TPSA) is 0 Å². The Morgan fingerprint density at radius 1 is 0.871 bits per heavy atom. The second-order valence-corrected chi connectivity index (χ2v) is 17.3. The van der Waals surface area contributed by atoms with Gasteiger partial charge in [-0.25, -0.2) is 5.57 Å². The van der Waals surface area contributed by atoms with Gasteiger partial charge >= 0.3 is 41.9 Å². The molecule has 0 aromatic heterocycles. The molecule has 0 aliphatic heterocycles. The summed E-state index contributed by atoms with van der Waals surface area (Å²) in [4.78, 5) is 0. The minimum atomic E-state index is 0.